The number of anilines is 1. The van der Waals surface area contributed by atoms with Gasteiger partial charge in [-0.05, 0) is 0 Å². The Kier molecular flexibility index (Phi) is 2.53. The van der Waals surface area contributed by atoms with Gasteiger partial charge in [0.05, 0.1) is 18.1 Å². The fraction of sp³-hybridized carbons (Fsp3) is 0. The topological polar surface area (TPSA) is 85.1 Å². The number of nitrogens with two attached hydrogens (primary N) is 1. The average molecular weight is 183 g/mol. The van der Waals surface area contributed by atoms with Crippen molar-refractivity contribution in [3.63, 3.8) is 0 Å². The molecule has 2 amide bonds. The van der Waals surface area contributed by atoms with Crippen LogP contribution in [0.25, 0.3) is 0 Å². The van der Waals surface area contributed by atoms with Gasteiger partial charge >= 0.3 is 11.8 Å². The minimum Gasteiger partial charge on any atom is -0.361 e. The Hall–Kier alpha value is -1.98. The third-order valence-corrected chi connectivity index (χ3v) is 1.19. The summed E-state index contributed by atoms with van der Waals surface area (Å²) in [6.07, 6.45) is 2.17. The molecule has 1 heterocycles. The van der Waals surface area contributed by atoms with Crippen LogP contribution in [0.5, 0.6) is 0 Å². The second-order valence-electron chi connectivity index (χ2n) is 2.21. The van der Waals surface area contributed by atoms with Gasteiger partial charge in [0.25, 0.3) is 0 Å². The molecule has 1 aromatic heterocycles. The first-order valence-corrected chi connectivity index (χ1v) is 3.31. The van der Waals surface area contributed by atoms with Gasteiger partial charge in [0, 0.05) is 6.07 Å². The number of hydrogen-bond donors (Lipinski definition) is 2. The minimum atomic E-state index is -1.13. The number of nitrogens with one attached hydrogen (secondary N) is 1. The molecule has 0 atom stereocenters. The number of pyridine rings is 1. The fourth-order valence-corrected chi connectivity index (χ4v) is 0.673. The molecule has 0 aliphatic carbocycles. The Bertz CT molecular complexity index is 353. The lowest BCUT2D eigenvalue weighted by atomic mass is 10.4. The molecular weight excluding hydrogens is 177 g/mol. The van der Waals surface area contributed by atoms with Crippen molar-refractivity contribution >= 4 is 17.5 Å². The van der Waals surface area contributed by atoms with Crippen molar-refractivity contribution in [3.8, 4) is 0 Å². The molecule has 0 bridgehead atoms. The summed E-state index contributed by atoms with van der Waals surface area (Å²) in [5.41, 5.74) is 4.74. The van der Waals surface area contributed by atoms with Crippen molar-refractivity contribution in [2.24, 2.45) is 5.73 Å². The van der Waals surface area contributed by atoms with Crippen LogP contribution in [0.1, 0.15) is 0 Å². The van der Waals surface area contributed by atoms with Gasteiger partial charge in [0.15, 0.2) is 0 Å². The first-order valence-electron chi connectivity index (χ1n) is 3.31. The summed E-state index contributed by atoms with van der Waals surface area (Å²) in [4.78, 5) is 24.4. The van der Waals surface area contributed by atoms with E-state index in [0.29, 0.717) is 0 Å². The maximum absolute atomic E-state index is 12.5. The van der Waals surface area contributed by atoms with E-state index in [9.17, 15) is 14.0 Å². The van der Waals surface area contributed by atoms with E-state index < -0.39 is 17.6 Å². The number of halogens is 1. The van der Waals surface area contributed by atoms with Gasteiger partial charge in [-0.25, -0.2) is 4.39 Å². The van der Waals surface area contributed by atoms with Crippen LogP contribution < -0.4 is 11.1 Å². The molecule has 0 aliphatic rings. The van der Waals surface area contributed by atoms with Crippen molar-refractivity contribution < 1.29 is 14.0 Å². The number of carbonyl (C=O) groups is 2. The van der Waals surface area contributed by atoms with Crippen LogP contribution in [0.2, 0.25) is 0 Å². The molecule has 3 N–H and O–H groups in total. The van der Waals surface area contributed by atoms with Crippen molar-refractivity contribution in [1.29, 1.82) is 0 Å². The molecule has 0 radical (unpaired) electrons. The van der Waals surface area contributed by atoms with Gasteiger partial charge in [0.1, 0.15) is 5.82 Å². The van der Waals surface area contributed by atoms with E-state index in [-0.39, 0.29) is 5.69 Å². The zero-order valence-corrected chi connectivity index (χ0v) is 6.45. The van der Waals surface area contributed by atoms with E-state index in [0.717, 1.165) is 12.3 Å². The molecule has 0 spiro atoms. The molecule has 0 unspecified atom stereocenters. The van der Waals surface area contributed by atoms with Crippen LogP contribution in [0, 0.1) is 5.82 Å². The Morgan fingerprint density at radius 1 is 1.46 bits per heavy atom. The Labute approximate surface area is 72.8 Å². The lowest BCUT2D eigenvalue weighted by molar-refractivity contribution is -0.134. The van der Waals surface area contributed by atoms with Crippen molar-refractivity contribution in [2.45, 2.75) is 0 Å². The second kappa shape index (κ2) is 3.61. The summed E-state index contributed by atoms with van der Waals surface area (Å²) < 4.78 is 12.5. The molecule has 13 heavy (non-hydrogen) atoms. The number of carbonyl (C=O) groups excluding carboxylic acids is 2. The number of amides is 2. The monoisotopic (exact) mass is 183 g/mol. The zero-order chi connectivity index (χ0) is 9.84. The number of aromatic nitrogens is 1. The van der Waals surface area contributed by atoms with Crippen LogP contribution in [0.15, 0.2) is 18.5 Å². The molecule has 6 heteroatoms. The van der Waals surface area contributed by atoms with Crippen molar-refractivity contribution in [1.82, 2.24) is 4.98 Å². The van der Waals surface area contributed by atoms with Crippen LogP contribution in [-0.2, 0) is 9.59 Å². The third kappa shape index (κ3) is 2.51. The van der Waals surface area contributed by atoms with Crippen LogP contribution in [-0.4, -0.2) is 16.8 Å². The number of nitrogens with zero attached hydrogens (tertiary/aromatic N) is 1. The maximum atomic E-state index is 12.5. The van der Waals surface area contributed by atoms with Crippen molar-refractivity contribution in [3.05, 3.63) is 24.3 Å². The smallest absolute Gasteiger partial charge is 0.313 e. The zero-order valence-electron chi connectivity index (χ0n) is 6.45. The third-order valence-electron chi connectivity index (χ3n) is 1.19. The van der Waals surface area contributed by atoms with Gasteiger partial charge in [0.2, 0.25) is 0 Å². The minimum absolute atomic E-state index is 0.0869. The molecule has 68 valence electrons. The summed E-state index contributed by atoms with van der Waals surface area (Å²) >= 11 is 0. The molecule has 0 aromatic carbocycles. The van der Waals surface area contributed by atoms with Gasteiger partial charge in [-0.3, -0.25) is 14.6 Å². The molecule has 0 saturated carbocycles. The molecular formula is C7H6FN3O2. The largest absolute Gasteiger partial charge is 0.361 e. The molecule has 0 saturated heterocycles. The van der Waals surface area contributed by atoms with Crippen LogP contribution in [0.4, 0.5) is 10.1 Å². The normalized spacial score (nSPS) is 9.31. The van der Waals surface area contributed by atoms with E-state index in [2.05, 4.69) is 16.0 Å². The second-order valence-corrected chi connectivity index (χ2v) is 2.21. The average Bonchev–Trinajstić information content (AvgIpc) is 2.04. The highest BCUT2D eigenvalue weighted by molar-refractivity contribution is 6.39. The molecule has 5 nitrogen and oxygen atoms in total. The van der Waals surface area contributed by atoms with Gasteiger partial charge < -0.3 is 11.1 Å². The summed E-state index contributed by atoms with van der Waals surface area (Å²) in [7, 11) is 0. The SMILES string of the molecule is NC(=O)C(=O)Nc1cncc(F)c1. The van der Waals surface area contributed by atoms with E-state index in [1.54, 1.807) is 0 Å². The van der Waals surface area contributed by atoms with Gasteiger partial charge in [-0.2, -0.15) is 0 Å². The van der Waals surface area contributed by atoms with E-state index in [4.69, 9.17) is 0 Å². The lowest BCUT2D eigenvalue weighted by Crippen LogP contribution is -2.29. The van der Waals surface area contributed by atoms with Crippen LogP contribution in [0.3, 0.4) is 0 Å². The highest BCUT2D eigenvalue weighted by atomic mass is 19.1. The number of rotatable bonds is 1. The van der Waals surface area contributed by atoms with Crippen molar-refractivity contribution in [2.75, 3.05) is 5.32 Å². The molecule has 0 fully saturated rings. The summed E-state index contributed by atoms with van der Waals surface area (Å²) in [5, 5.41) is 2.07. The Balaban J connectivity index is 2.75. The fourth-order valence-electron chi connectivity index (χ4n) is 0.673. The molecule has 1 aromatic rings. The van der Waals surface area contributed by atoms with Gasteiger partial charge in [-0.15, -0.1) is 0 Å². The summed E-state index contributed by atoms with van der Waals surface area (Å²) in [6.45, 7) is 0. The Morgan fingerprint density at radius 3 is 2.69 bits per heavy atom. The first kappa shape index (κ1) is 9.11. The Morgan fingerprint density at radius 2 is 2.15 bits per heavy atom. The number of hydrogen-bond acceptors (Lipinski definition) is 3. The molecule has 0 aliphatic heterocycles. The molecule has 1 rings (SSSR count). The summed E-state index contributed by atoms with van der Waals surface area (Å²) in [6, 6.07) is 1.02. The highest BCUT2D eigenvalue weighted by Crippen LogP contribution is 2.05. The predicted molar refractivity (Wildman–Crippen MR) is 42.0 cm³/mol. The van der Waals surface area contributed by atoms with E-state index in [1.807, 2.05) is 0 Å². The number of primary amides is 1. The van der Waals surface area contributed by atoms with E-state index in [1.165, 1.54) is 6.20 Å². The highest BCUT2D eigenvalue weighted by Gasteiger charge is 2.08. The standard InChI is InChI=1S/C7H6FN3O2/c8-4-1-5(3-10-2-4)11-7(13)6(9)12/h1-3H,(H2,9,12)(H,11,13). The first-order chi connectivity index (χ1) is 6.09. The predicted octanol–water partition coefficient (Wildman–Crippen LogP) is -0.356. The van der Waals surface area contributed by atoms with Crippen LogP contribution >= 0.6 is 0 Å². The quantitative estimate of drug-likeness (QED) is 0.583. The van der Waals surface area contributed by atoms with E-state index >= 15 is 0 Å². The summed E-state index contributed by atoms with van der Waals surface area (Å²) in [5.74, 6) is -2.75. The lowest BCUT2D eigenvalue weighted by Gasteiger charge is -2.00. The maximum Gasteiger partial charge on any atom is 0.313 e. The van der Waals surface area contributed by atoms with Gasteiger partial charge in [-0.1, -0.05) is 0 Å².